The van der Waals surface area contributed by atoms with Crippen LogP contribution in [-0.2, 0) is 4.79 Å². The molecule has 0 aromatic heterocycles. The van der Waals surface area contributed by atoms with Gasteiger partial charge in [0.15, 0.2) is 5.78 Å². The van der Waals surface area contributed by atoms with Gasteiger partial charge in [0, 0.05) is 28.1 Å². The van der Waals surface area contributed by atoms with Crippen molar-refractivity contribution in [3.8, 4) is 0 Å². The molecule has 0 unspecified atom stereocenters. The molecular formula is C14H17Cl2NO. The first-order chi connectivity index (χ1) is 8.41. The van der Waals surface area contributed by atoms with Gasteiger partial charge in [0.05, 0.1) is 0 Å². The van der Waals surface area contributed by atoms with Gasteiger partial charge in [-0.3, -0.25) is 4.79 Å². The van der Waals surface area contributed by atoms with E-state index in [0.29, 0.717) is 15.6 Å². The third kappa shape index (κ3) is 4.45. The fraction of sp³-hybridized carbons (Fsp3) is 0.357. The van der Waals surface area contributed by atoms with Gasteiger partial charge in [-0.05, 0) is 38.4 Å². The molecule has 1 atom stereocenters. The minimum absolute atomic E-state index is 0.0440. The monoisotopic (exact) mass is 285 g/mol. The summed E-state index contributed by atoms with van der Waals surface area (Å²) in [5, 5.41) is 1.10. The van der Waals surface area contributed by atoms with E-state index in [1.54, 1.807) is 30.4 Å². The van der Waals surface area contributed by atoms with Gasteiger partial charge in [0.1, 0.15) is 0 Å². The topological polar surface area (TPSA) is 20.3 Å². The van der Waals surface area contributed by atoms with Crippen molar-refractivity contribution in [1.29, 1.82) is 0 Å². The van der Waals surface area contributed by atoms with Crippen molar-refractivity contribution >= 4 is 35.1 Å². The molecule has 0 aliphatic rings. The molecule has 98 valence electrons. The fourth-order valence-corrected chi connectivity index (χ4v) is 2.16. The van der Waals surface area contributed by atoms with Crippen molar-refractivity contribution in [2.75, 3.05) is 20.6 Å². The Bertz CT molecular complexity index is 435. The first-order valence-corrected chi connectivity index (χ1v) is 6.48. The molecule has 0 saturated heterocycles. The van der Waals surface area contributed by atoms with E-state index in [9.17, 15) is 4.79 Å². The normalized spacial score (nSPS) is 13.2. The van der Waals surface area contributed by atoms with Gasteiger partial charge in [0.2, 0.25) is 0 Å². The summed E-state index contributed by atoms with van der Waals surface area (Å²) in [5.41, 5.74) is 0.686. The van der Waals surface area contributed by atoms with Crippen LogP contribution < -0.4 is 0 Å². The summed E-state index contributed by atoms with van der Waals surface area (Å²) in [5.74, 6) is 0.0252. The van der Waals surface area contributed by atoms with Crippen LogP contribution in [0.3, 0.4) is 0 Å². The minimum Gasteiger partial charge on any atom is -0.309 e. The molecule has 0 fully saturated rings. The SMILES string of the molecule is C[C@H](CN(C)C)C(=O)/C=C\c1c(Cl)cccc1Cl. The Labute approximate surface area is 118 Å². The number of carbonyl (C=O) groups is 1. The molecule has 0 radical (unpaired) electrons. The third-order valence-electron chi connectivity index (χ3n) is 2.54. The van der Waals surface area contributed by atoms with E-state index in [4.69, 9.17) is 23.2 Å². The molecular weight excluding hydrogens is 269 g/mol. The first-order valence-electron chi connectivity index (χ1n) is 5.72. The van der Waals surface area contributed by atoms with Crippen LogP contribution >= 0.6 is 23.2 Å². The third-order valence-corrected chi connectivity index (χ3v) is 3.20. The quantitative estimate of drug-likeness (QED) is 0.768. The van der Waals surface area contributed by atoms with Crippen LogP contribution in [0.1, 0.15) is 12.5 Å². The smallest absolute Gasteiger partial charge is 0.159 e. The first kappa shape index (κ1) is 15.2. The number of carbonyl (C=O) groups excluding carboxylic acids is 1. The maximum Gasteiger partial charge on any atom is 0.159 e. The number of hydrogen-bond acceptors (Lipinski definition) is 2. The second-order valence-electron chi connectivity index (χ2n) is 4.53. The van der Waals surface area contributed by atoms with Gasteiger partial charge in [-0.25, -0.2) is 0 Å². The van der Waals surface area contributed by atoms with Gasteiger partial charge in [-0.1, -0.05) is 36.2 Å². The Morgan fingerprint density at radius 3 is 2.39 bits per heavy atom. The number of ketones is 1. The molecule has 0 amide bonds. The van der Waals surface area contributed by atoms with Crippen LogP contribution in [0.15, 0.2) is 24.3 Å². The summed E-state index contributed by atoms with van der Waals surface area (Å²) < 4.78 is 0. The zero-order valence-electron chi connectivity index (χ0n) is 10.8. The molecule has 0 N–H and O–H groups in total. The molecule has 0 aliphatic heterocycles. The Kier molecular flexibility index (Phi) is 5.86. The lowest BCUT2D eigenvalue weighted by Gasteiger charge is -2.13. The number of nitrogens with zero attached hydrogens (tertiary/aromatic N) is 1. The van der Waals surface area contributed by atoms with Crippen LogP contribution in [0, 0.1) is 5.92 Å². The average molecular weight is 286 g/mol. The highest BCUT2D eigenvalue weighted by atomic mass is 35.5. The molecule has 0 bridgehead atoms. The zero-order valence-corrected chi connectivity index (χ0v) is 12.3. The lowest BCUT2D eigenvalue weighted by Crippen LogP contribution is -2.24. The number of hydrogen-bond donors (Lipinski definition) is 0. The molecule has 0 spiro atoms. The molecule has 1 rings (SSSR count). The van der Waals surface area contributed by atoms with E-state index in [1.807, 2.05) is 25.9 Å². The van der Waals surface area contributed by atoms with Crippen LogP contribution in [0.25, 0.3) is 6.08 Å². The van der Waals surface area contributed by atoms with Crippen LogP contribution in [0.4, 0.5) is 0 Å². The summed E-state index contributed by atoms with van der Waals surface area (Å²) in [7, 11) is 3.89. The van der Waals surface area contributed by atoms with Crippen LogP contribution in [0.2, 0.25) is 10.0 Å². The van der Waals surface area contributed by atoms with Gasteiger partial charge in [-0.15, -0.1) is 0 Å². The van der Waals surface area contributed by atoms with Crippen molar-refractivity contribution in [2.45, 2.75) is 6.92 Å². The van der Waals surface area contributed by atoms with Gasteiger partial charge < -0.3 is 4.90 Å². The van der Waals surface area contributed by atoms with E-state index in [0.717, 1.165) is 6.54 Å². The Balaban J connectivity index is 2.78. The van der Waals surface area contributed by atoms with E-state index in [2.05, 4.69) is 0 Å². The standard InChI is InChI=1S/C14H17Cl2NO/c1-10(9-17(2)3)14(18)8-7-11-12(15)5-4-6-13(11)16/h4-8,10H,9H2,1-3H3/b8-7-/t10-/m1/s1. The molecule has 2 nitrogen and oxygen atoms in total. The predicted octanol–water partition coefficient (Wildman–Crippen LogP) is 3.77. The van der Waals surface area contributed by atoms with Crippen molar-refractivity contribution in [3.05, 3.63) is 39.9 Å². The van der Waals surface area contributed by atoms with Crippen LogP contribution in [-0.4, -0.2) is 31.3 Å². The fourth-order valence-electron chi connectivity index (χ4n) is 1.64. The van der Waals surface area contributed by atoms with Crippen molar-refractivity contribution in [3.63, 3.8) is 0 Å². The molecule has 0 aliphatic carbocycles. The number of benzene rings is 1. The van der Waals surface area contributed by atoms with E-state index in [1.165, 1.54) is 0 Å². The summed E-state index contributed by atoms with van der Waals surface area (Å²) in [6, 6.07) is 5.28. The minimum atomic E-state index is -0.0440. The van der Waals surface area contributed by atoms with Gasteiger partial charge in [-0.2, -0.15) is 0 Å². The Morgan fingerprint density at radius 2 is 1.89 bits per heavy atom. The lowest BCUT2D eigenvalue weighted by molar-refractivity contribution is -0.118. The van der Waals surface area contributed by atoms with E-state index < -0.39 is 0 Å². The summed E-state index contributed by atoms with van der Waals surface area (Å²) in [6.45, 7) is 2.63. The second-order valence-corrected chi connectivity index (χ2v) is 5.35. The Hall–Kier alpha value is -0.830. The summed E-state index contributed by atoms with van der Waals surface area (Å²) in [4.78, 5) is 13.9. The number of rotatable bonds is 5. The highest BCUT2D eigenvalue weighted by Gasteiger charge is 2.11. The average Bonchev–Trinajstić information content (AvgIpc) is 2.27. The Morgan fingerprint density at radius 1 is 1.33 bits per heavy atom. The molecule has 0 saturated carbocycles. The van der Waals surface area contributed by atoms with Crippen molar-refractivity contribution < 1.29 is 4.79 Å². The molecule has 4 heteroatoms. The summed E-state index contributed by atoms with van der Waals surface area (Å²) >= 11 is 12.0. The molecule has 1 aromatic carbocycles. The second kappa shape index (κ2) is 6.93. The zero-order chi connectivity index (χ0) is 13.7. The number of halogens is 2. The highest BCUT2D eigenvalue weighted by Crippen LogP contribution is 2.25. The van der Waals surface area contributed by atoms with Crippen molar-refractivity contribution in [2.24, 2.45) is 5.92 Å². The highest BCUT2D eigenvalue weighted by molar-refractivity contribution is 6.37. The van der Waals surface area contributed by atoms with Gasteiger partial charge in [0.25, 0.3) is 0 Å². The van der Waals surface area contributed by atoms with Crippen molar-refractivity contribution in [1.82, 2.24) is 4.90 Å². The van der Waals surface area contributed by atoms with Crippen LogP contribution in [0.5, 0.6) is 0 Å². The summed E-state index contributed by atoms with van der Waals surface area (Å²) in [6.07, 6.45) is 3.22. The molecule has 18 heavy (non-hydrogen) atoms. The maximum atomic E-state index is 11.9. The number of allylic oxidation sites excluding steroid dienone is 1. The lowest BCUT2D eigenvalue weighted by atomic mass is 10.0. The van der Waals surface area contributed by atoms with Gasteiger partial charge >= 0.3 is 0 Å². The maximum absolute atomic E-state index is 11.9. The van der Waals surface area contributed by atoms with E-state index in [-0.39, 0.29) is 11.7 Å². The molecule has 1 aromatic rings. The molecule has 0 heterocycles. The van der Waals surface area contributed by atoms with E-state index >= 15 is 0 Å². The predicted molar refractivity (Wildman–Crippen MR) is 78.2 cm³/mol. The largest absolute Gasteiger partial charge is 0.309 e.